The van der Waals surface area contributed by atoms with Gasteiger partial charge in [0.05, 0.1) is 13.2 Å². The van der Waals surface area contributed by atoms with Crippen LogP contribution in [0.25, 0.3) is 0 Å². The van der Waals surface area contributed by atoms with Crippen molar-refractivity contribution in [2.75, 3.05) is 33.4 Å². The summed E-state index contributed by atoms with van der Waals surface area (Å²) < 4.78 is 4.87. The molecule has 0 aromatic heterocycles. The molecule has 0 heterocycles. The molecule has 0 atom stereocenters. The zero-order valence-electron chi connectivity index (χ0n) is 11.0. The number of hydrogen-bond donors (Lipinski definition) is 2. The van der Waals surface area contributed by atoms with E-state index in [4.69, 9.17) is 4.74 Å². The van der Waals surface area contributed by atoms with Crippen molar-refractivity contribution in [1.82, 2.24) is 10.6 Å². The van der Waals surface area contributed by atoms with Crippen LogP contribution in [0.4, 0.5) is 0 Å². The van der Waals surface area contributed by atoms with Crippen LogP contribution >= 0.6 is 0 Å². The number of methoxy groups -OCH3 is 1. The minimum atomic E-state index is 0.0654. The van der Waals surface area contributed by atoms with Gasteiger partial charge in [-0.05, 0) is 25.3 Å². The molecular formula is C13H26N2O2. The lowest BCUT2D eigenvalue weighted by Crippen LogP contribution is -2.37. The predicted octanol–water partition coefficient (Wildman–Crippen LogP) is 1.31. The zero-order chi connectivity index (χ0) is 12.3. The van der Waals surface area contributed by atoms with E-state index in [2.05, 4.69) is 10.6 Å². The minimum absolute atomic E-state index is 0.0654. The van der Waals surface area contributed by atoms with E-state index in [0.717, 1.165) is 12.5 Å². The van der Waals surface area contributed by atoms with E-state index in [9.17, 15) is 4.79 Å². The number of hydrogen-bond acceptors (Lipinski definition) is 3. The fourth-order valence-corrected chi connectivity index (χ4v) is 2.31. The average molecular weight is 242 g/mol. The van der Waals surface area contributed by atoms with E-state index in [1.165, 1.54) is 38.5 Å². The molecule has 1 saturated carbocycles. The van der Waals surface area contributed by atoms with Crippen LogP contribution in [0.1, 0.15) is 38.5 Å². The van der Waals surface area contributed by atoms with Crippen molar-refractivity contribution in [2.24, 2.45) is 5.92 Å². The topological polar surface area (TPSA) is 50.4 Å². The summed E-state index contributed by atoms with van der Waals surface area (Å²) in [6.45, 7) is 2.59. The Morgan fingerprint density at radius 2 is 1.94 bits per heavy atom. The van der Waals surface area contributed by atoms with Crippen molar-refractivity contribution in [3.05, 3.63) is 0 Å². The molecule has 0 saturated heterocycles. The Balaban J connectivity index is 1.99. The molecule has 1 aliphatic rings. The average Bonchev–Trinajstić information content (AvgIpc) is 2.58. The number of carbonyl (C=O) groups is 1. The molecule has 0 unspecified atom stereocenters. The van der Waals surface area contributed by atoms with Crippen molar-refractivity contribution in [3.63, 3.8) is 0 Å². The van der Waals surface area contributed by atoms with Crippen LogP contribution in [-0.2, 0) is 9.53 Å². The highest BCUT2D eigenvalue weighted by atomic mass is 16.5. The molecule has 0 aromatic carbocycles. The lowest BCUT2D eigenvalue weighted by Gasteiger charge is -2.14. The molecule has 100 valence electrons. The molecule has 0 aromatic rings. The summed E-state index contributed by atoms with van der Waals surface area (Å²) >= 11 is 0. The summed E-state index contributed by atoms with van der Waals surface area (Å²) in [7, 11) is 1.64. The Hall–Kier alpha value is -0.610. The zero-order valence-corrected chi connectivity index (χ0v) is 11.0. The second-order valence-electron chi connectivity index (χ2n) is 4.83. The van der Waals surface area contributed by atoms with Gasteiger partial charge < -0.3 is 15.4 Å². The van der Waals surface area contributed by atoms with E-state index in [0.29, 0.717) is 19.7 Å². The van der Waals surface area contributed by atoms with Gasteiger partial charge >= 0.3 is 0 Å². The van der Waals surface area contributed by atoms with Gasteiger partial charge in [0.15, 0.2) is 0 Å². The van der Waals surface area contributed by atoms with Gasteiger partial charge in [-0.15, -0.1) is 0 Å². The Morgan fingerprint density at radius 1 is 1.24 bits per heavy atom. The smallest absolute Gasteiger partial charge is 0.234 e. The monoisotopic (exact) mass is 242 g/mol. The molecule has 4 nitrogen and oxygen atoms in total. The summed E-state index contributed by atoms with van der Waals surface area (Å²) in [4.78, 5) is 11.4. The third kappa shape index (κ3) is 7.34. The van der Waals surface area contributed by atoms with Gasteiger partial charge in [-0.3, -0.25) is 4.79 Å². The Bertz CT molecular complexity index is 202. The Kier molecular flexibility index (Phi) is 8.01. The van der Waals surface area contributed by atoms with Crippen LogP contribution in [0.15, 0.2) is 0 Å². The van der Waals surface area contributed by atoms with E-state index in [1.54, 1.807) is 7.11 Å². The highest BCUT2D eigenvalue weighted by Crippen LogP contribution is 2.21. The first-order valence-corrected chi connectivity index (χ1v) is 6.79. The second-order valence-corrected chi connectivity index (χ2v) is 4.83. The van der Waals surface area contributed by atoms with Crippen LogP contribution in [0.3, 0.4) is 0 Å². The highest BCUT2D eigenvalue weighted by molar-refractivity contribution is 5.77. The van der Waals surface area contributed by atoms with Gasteiger partial charge in [-0.25, -0.2) is 0 Å². The van der Waals surface area contributed by atoms with Crippen molar-refractivity contribution < 1.29 is 9.53 Å². The fourth-order valence-electron chi connectivity index (χ4n) is 2.31. The molecule has 0 radical (unpaired) electrons. The Morgan fingerprint density at radius 3 is 2.59 bits per heavy atom. The first-order chi connectivity index (χ1) is 8.33. The highest BCUT2D eigenvalue weighted by Gasteiger charge is 2.12. The van der Waals surface area contributed by atoms with Crippen molar-refractivity contribution >= 4 is 5.91 Å². The Labute approximate surface area is 104 Å². The summed E-state index contributed by atoms with van der Waals surface area (Å²) in [5.74, 6) is 0.833. The summed E-state index contributed by atoms with van der Waals surface area (Å²) in [5, 5.41) is 6.06. The van der Waals surface area contributed by atoms with E-state index in [-0.39, 0.29) is 5.91 Å². The van der Waals surface area contributed by atoms with Gasteiger partial charge in [0.1, 0.15) is 0 Å². The molecule has 4 heteroatoms. The van der Waals surface area contributed by atoms with Gasteiger partial charge in [0.2, 0.25) is 5.91 Å². The van der Waals surface area contributed by atoms with E-state index >= 15 is 0 Å². The van der Waals surface area contributed by atoms with Crippen molar-refractivity contribution in [2.45, 2.75) is 38.5 Å². The van der Waals surface area contributed by atoms with Crippen molar-refractivity contribution in [1.29, 1.82) is 0 Å². The van der Waals surface area contributed by atoms with Gasteiger partial charge in [-0.1, -0.05) is 25.7 Å². The molecule has 0 bridgehead atoms. The fraction of sp³-hybridized carbons (Fsp3) is 0.923. The maximum absolute atomic E-state index is 11.4. The van der Waals surface area contributed by atoms with E-state index in [1.807, 2.05) is 0 Å². The lowest BCUT2D eigenvalue weighted by atomic mass is 10.0. The van der Waals surface area contributed by atoms with Crippen LogP contribution < -0.4 is 10.6 Å². The number of amides is 1. The third-order valence-corrected chi connectivity index (χ3v) is 3.32. The molecule has 2 N–H and O–H groups in total. The number of ether oxygens (including phenoxy) is 1. The van der Waals surface area contributed by atoms with Crippen molar-refractivity contribution in [3.8, 4) is 0 Å². The normalized spacial score (nSPS) is 17.7. The van der Waals surface area contributed by atoms with Crippen LogP contribution in [-0.4, -0.2) is 39.3 Å². The largest absolute Gasteiger partial charge is 0.383 e. The standard InChI is InChI=1S/C13H26N2O2/c1-17-9-8-15-13(16)11-14-10-12-6-4-2-3-5-7-12/h12,14H,2-11H2,1H3,(H,15,16). The SMILES string of the molecule is COCCNC(=O)CNCC1CCCCCC1. The third-order valence-electron chi connectivity index (χ3n) is 3.32. The lowest BCUT2D eigenvalue weighted by molar-refractivity contribution is -0.120. The molecular weight excluding hydrogens is 216 g/mol. The summed E-state index contributed by atoms with van der Waals surface area (Å²) in [6, 6.07) is 0. The molecule has 1 rings (SSSR count). The van der Waals surface area contributed by atoms with Gasteiger partial charge in [-0.2, -0.15) is 0 Å². The number of rotatable bonds is 7. The van der Waals surface area contributed by atoms with Crippen LogP contribution in [0.5, 0.6) is 0 Å². The molecule has 17 heavy (non-hydrogen) atoms. The van der Waals surface area contributed by atoms with Gasteiger partial charge in [0, 0.05) is 13.7 Å². The molecule has 1 aliphatic carbocycles. The first kappa shape index (κ1) is 14.5. The molecule has 0 aliphatic heterocycles. The van der Waals surface area contributed by atoms with Crippen LogP contribution in [0.2, 0.25) is 0 Å². The maximum atomic E-state index is 11.4. The molecule has 0 spiro atoms. The number of nitrogens with one attached hydrogen (secondary N) is 2. The van der Waals surface area contributed by atoms with Crippen LogP contribution in [0, 0.1) is 5.92 Å². The predicted molar refractivity (Wildman–Crippen MR) is 68.9 cm³/mol. The molecule has 1 fully saturated rings. The summed E-state index contributed by atoms with van der Waals surface area (Å²) in [5.41, 5.74) is 0. The minimum Gasteiger partial charge on any atom is -0.383 e. The van der Waals surface area contributed by atoms with Gasteiger partial charge in [0.25, 0.3) is 0 Å². The maximum Gasteiger partial charge on any atom is 0.234 e. The molecule has 1 amide bonds. The summed E-state index contributed by atoms with van der Waals surface area (Å²) in [6.07, 6.45) is 8.11. The van der Waals surface area contributed by atoms with E-state index < -0.39 is 0 Å². The first-order valence-electron chi connectivity index (χ1n) is 6.79. The second kappa shape index (κ2) is 9.42. The quantitative estimate of drug-likeness (QED) is 0.523. The number of carbonyl (C=O) groups excluding carboxylic acids is 1.